The lowest BCUT2D eigenvalue weighted by molar-refractivity contribution is -0.132. The summed E-state index contributed by atoms with van der Waals surface area (Å²) in [5.41, 5.74) is 1.56. The highest BCUT2D eigenvalue weighted by molar-refractivity contribution is 7.12. The fourth-order valence-electron chi connectivity index (χ4n) is 3.05. The maximum absolute atomic E-state index is 12.5. The molecule has 0 saturated heterocycles. The molecule has 136 valence electrons. The van der Waals surface area contributed by atoms with Crippen molar-refractivity contribution in [3.63, 3.8) is 0 Å². The van der Waals surface area contributed by atoms with Crippen LogP contribution in [-0.4, -0.2) is 23.6 Å². The van der Waals surface area contributed by atoms with Gasteiger partial charge >= 0.3 is 0 Å². The third-order valence-corrected chi connectivity index (χ3v) is 5.70. The Labute approximate surface area is 157 Å². The minimum absolute atomic E-state index is 0.0324. The molecule has 0 aliphatic rings. The van der Waals surface area contributed by atoms with Crippen LogP contribution in [0.2, 0.25) is 0 Å². The van der Waals surface area contributed by atoms with E-state index in [9.17, 15) is 9.59 Å². The topological polar surface area (TPSA) is 50.5 Å². The molecular weight excluding hydrogens is 346 g/mol. The number of para-hydroxylation sites is 1. The van der Waals surface area contributed by atoms with Crippen LogP contribution in [-0.2, 0) is 4.79 Å². The molecule has 0 fully saturated rings. The molecule has 0 aliphatic heterocycles. The summed E-state index contributed by atoms with van der Waals surface area (Å²) in [4.78, 5) is 28.7. The average Bonchev–Trinajstić information content (AvgIpc) is 3.20. The quantitative estimate of drug-likeness (QED) is 0.555. The molecule has 2 heterocycles. The summed E-state index contributed by atoms with van der Waals surface area (Å²) >= 11 is 1.61. The number of fused-ring (bicyclic) bond motifs is 1. The number of amides is 1. The third-order valence-electron chi connectivity index (χ3n) is 4.74. The Balaban J connectivity index is 1.63. The number of carbonyl (C=O) groups is 2. The SMILES string of the molecule is Cc1cc(C(=O)CCC(=O)N(C)C(C)c2cc3ccccc3o2)c(C)s1. The maximum Gasteiger partial charge on any atom is 0.223 e. The molecule has 1 aromatic carbocycles. The predicted octanol–water partition coefficient (Wildman–Crippen LogP) is 5.29. The minimum Gasteiger partial charge on any atom is -0.459 e. The van der Waals surface area contributed by atoms with Crippen molar-refractivity contribution in [2.24, 2.45) is 0 Å². The number of ketones is 1. The maximum atomic E-state index is 12.5. The van der Waals surface area contributed by atoms with Gasteiger partial charge in [0.1, 0.15) is 11.3 Å². The average molecular weight is 369 g/mol. The molecule has 0 bridgehead atoms. The zero-order valence-electron chi connectivity index (χ0n) is 15.5. The first-order valence-electron chi connectivity index (χ1n) is 8.71. The highest BCUT2D eigenvalue weighted by Crippen LogP contribution is 2.27. The minimum atomic E-state index is -0.185. The van der Waals surface area contributed by atoms with E-state index in [0.29, 0.717) is 0 Å². The van der Waals surface area contributed by atoms with E-state index >= 15 is 0 Å². The molecule has 0 aliphatic carbocycles. The third kappa shape index (κ3) is 3.73. The molecule has 26 heavy (non-hydrogen) atoms. The van der Waals surface area contributed by atoms with Crippen LogP contribution in [0.4, 0.5) is 0 Å². The number of furan rings is 1. The monoisotopic (exact) mass is 369 g/mol. The first-order chi connectivity index (χ1) is 12.4. The highest BCUT2D eigenvalue weighted by atomic mass is 32.1. The number of nitrogens with zero attached hydrogens (tertiary/aromatic N) is 1. The number of aryl methyl sites for hydroxylation is 2. The second-order valence-electron chi connectivity index (χ2n) is 6.62. The summed E-state index contributed by atoms with van der Waals surface area (Å²) in [5, 5.41) is 1.02. The van der Waals surface area contributed by atoms with Crippen molar-refractivity contribution in [1.29, 1.82) is 0 Å². The first kappa shape index (κ1) is 18.4. The molecule has 1 unspecified atom stereocenters. The number of benzene rings is 1. The number of rotatable bonds is 6. The van der Waals surface area contributed by atoms with E-state index in [4.69, 9.17) is 4.42 Å². The highest BCUT2D eigenvalue weighted by Gasteiger charge is 2.22. The summed E-state index contributed by atoms with van der Waals surface area (Å²) in [6.45, 7) is 5.87. The summed E-state index contributed by atoms with van der Waals surface area (Å²) in [7, 11) is 1.75. The van der Waals surface area contributed by atoms with Crippen LogP contribution in [0.3, 0.4) is 0 Å². The fraction of sp³-hybridized carbons (Fsp3) is 0.333. The fourth-order valence-corrected chi connectivity index (χ4v) is 4.00. The molecule has 3 aromatic rings. The smallest absolute Gasteiger partial charge is 0.223 e. The van der Waals surface area contributed by atoms with Crippen molar-refractivity contribution >= 4 is 34.0 Å². The van der Waals surface area contributed by atoms with Crippen LogP contribution < -0.4 is 0 Å². The van der Waals surface area contributed by atoms with Crippen molar-refractivity contribution in [1.82, 2.24) is 4.90 Å². The molecule has 4 nitrogen and oxygen atoms in total. The van der Waals surface area contributed by atoms with Crippen LogP contribution in [0.25, 0.3) is 11.0 Å². The van der Waals surface area contributed by atoms with E-state index in [1.807, 2.05) is 57.2 Å². The predicted molar refractivity (Wildman–Crippen MR) is 105 cm³/mol. The zero-order chi connectivity index (χ0) is 18.8. The van der Waals surface area contributed by atoms with Gasteiger partial charge in [0, 0.05) is 40.6 Å². The Morgan fingerprint density at radius 2 is 1.88 bits per heavy atom. The van der Waals surface area contributed by atoms with Gasteiger partial charge in [-0.2, -0.15) is 0 Å². The normalized spacial score (nSPS) is 12.3. The summed E-state index contributed by atoms with van der Waals surface area (Å²) < 4.78 is 5.86. The van der Waals surface area contributed by atoms with Crippen molar-refractivity contribution in [2.45, 2.75) is 39.7 Å². The van der Waals surface area contributed by atoms with Gasteiger partial charge in [0.25, 0.3) is 0 Å². The van der Waals surface area contributed by atoms with Crippen molar-refractivity contribution in [2.75, 3.05) is 7.05 Å². The summed E-state index contributed by atoms with van der Waals surface area (Å²) in [5.74, 6) is 0.721. The Morgan fingerprint density at radius 1 is 1.15 bits per heavy atom. The lowest BCUT2D eigenvalue weighted by Gasteiger charge is -2.23. The molecular formula is C21H23NO3S. The number of thiophene rings is 1. The molecule has 0 N–H and O–H groups in total. The Bertz CT molecular complexity index is 920. The van der Waals surface area contributed by atoms with Crippen LogP contribution in [0.15, 0.2) is 40.8 Å². The van der Waals surface area contributed by atoms with Gasteiger partial charge in [-0.05, 0) is 39.0 Å². The van der Waals surface area contributed by atoms with Gasteiger partial charge in [-0.25, -0.2) is 0 Å². The van der Waals surface area contributed by atoms with Crippen LogP contribution in [0, 0.1) is 13.8 Å². The molecule has 0 spiro atoms. The molecule has 3 rings (SSSR count). The molecule has 0 radical (unpaired) electrons. The van der Waals surface area contributed by atoms with Gasteiger partial charge < -0.3 is 9.32 Å². The Hall–Kier alpha value is -2.40. The van der Waals surface area contributed by atoms with E-state index < -0.39 is 0 Å². The molecule has 5 heteroatoms. The first-order valence-corrected chi connectivity index (χ1v) is 9.53. The van der Waals surface area contributed by atoms with Gasteiger partial charge in [0.2, 0.25) is 5.91 Å². The van der Waals surface area contributed by atoms with Crippen LogP contribution in [0.5, 0.6) is 0 Å². The second-order valence-corrected chi connectivity index (χ2v) is 8.08. The van der Waals surface area contributed by atoms with Gasteiger partial charge in [-0.3, -0.25) is 9.59 Å². The van der Waals surface area contributed by atoms with Crippen molar-refractivity contribution in [3.05, 3.63) is 57.5 Å². The van der Waals surface area contributed by atoms with Crippen LogP contribution >= 0.6 is 11.3 Å². The molecule has 1 atom stereocenters. The summed E-state index contributed by atoms with van der Waals surface area (Å²) in [6, 6.07) is 11.5. The van der Waals surface area contributed by atoms with E-state index in [2.05, 4.69) is 0 Å². The van der Waals surface area contributed by atoms with Crippen molar-refractivity contribution in [3.8, 4) is 0 Å². The van der Waals surface area contributed by atoms with E-state index in [-0.39, 0.29) is 30.6 Å². The van der Waals surface area contributed by atoms with E-state index in [1.165, 1.54) is 0 Å². The number of hydrogen-bond acceptors (Lipinski definition) is 4. The largest absolute Gasteiger partial charge is 0.459 e. The number of carbonyl (C=O) groups excluding carboxylic acids is 2. The second kappa shape index (κ2) is 7.46. The molecule has 2 aromatic heterocycles. The van der Waals surface area contributed by atoms with Gasteiger partial charge in [0.15, 0.2) is 5.78 Å². The molecule has 0 saturated carbocycles. The van der Waals surface area contributed by atoms with Gasteiger partial charge in [0.05, 0.1) is 6.04 Å². The van der Waals surface area contributed by atoms with Gasteiger partial charge in [-0.15, -0.1) is 11.3 Å². The number of Topliss-reactive ketones (excluding diaryl/α,β-unsaturated/α-hetero) is 1. The van der Waals surface area contributed by atoms with Crippen molar-refractivity contribution < 1.29 is 14.0 Å². The zero-order valence-corrected chi connectivity index (χ0v) is 16.4. The van der Waals surface area contributed by atoms with Gasteiger partial charge in [-0.1, -0.05) is 18.2 Å². The summed E-state index contributed by atoms with van der Waals surface area (Å²) in [6.07, 6.45) is 0.432. The Kier molecular flexibility index (Phi) is 5.28. The number of hydrogen-bond donors (Lipinski definition) is 0. The molecule has 1 amide bonds. The van der Waals surface area contributed by atoms with Crippen LogP contribution in [0.1, 0.15) is 51.7 Å². The lowest BCUT2D eigenvalue weighted by atomic mass is 10.1. The standard InChI is InChI=1S/C21H23NO3S/c1-13-11-17(15(3)26-13)18(23)9-10-21(24)22(4)14(2)20-12-16-7-5-6-8-19(16)25-20/h5-8,11-12,14H,9-10H2,1-4H3. The van der Waals surface area contributed by atoms with E-state index in [0.717, 1.165) is 32.0 Å². The van der Waals surface area contributed by atoms with E-state index in [1.54, 1.807) is 23.3 Å². The Morgan fingerprint density at radius 3 is 2.54 bits per heavy atom. The lowest BCUT2D eigenvalue weighted by Crippen LogP contribution is -2.29.